The Morgan fingerprint density at radius 2 is 2.18 bits per heavy atom. The van der Waals surface area contributed by atoms with Crippen LogP contribution in [0.3, 0.4) is 0 Å². The molecule has 1 aliphatic rings. The summed E-state index contributed by atoms with van der Waals surface area (Å²) in [5, 5.41) is 9.76. The van der Waals surface area contributed by atoms with E-state index in [2.05, 4.69) is 22.5 Å². The molecule has 2 rings (SSSR count). The second kappa shape index (κ2) is 7.42. The Balaban J connectivity index is 1.68. The maximum atomic E-state index is 11.8. The van der Waals surface area contributed by atoms with Crippen LogP contribution in [0.1, 0.15) is 57.9 Å². The highest BCUT2D eigenvalue weighted by atomic mass is 32.1. The number of alkyl carbamates (subject to hydrolysis) is 1. The zero-order valence-electron chi connectivity index (χ0n) is 13.9. The summed E-state index contributed by atoms with van der Waals surface area (Å²) in [6, 6.07) is 0.671. The standard InChI is InChI=1S/C16H27N3O2S/c1-11(14-17-7-8-22-14)10-18-12-5-6-13(9-12)19-15(20)21-16(2,3)4/h7-8,11-13,18H,5-6,9-10H2,1-4H3,(H,19,20). The maximum absolute atomic E-state index is 11.8. The summed E-state index contributed by atoms with van der Waals surface area (Å²) < 4.78 is 5.30. The molecule has 1 fully saturated rings. The van der Waals surface area contributed by atoms with Gasteiger partial charge in [-0.05, 0) is 40.0 Å². The number of aromatic nitrogens is 1. The van der Waals surface area contributed by atoms with Crippen molar-refractivity contribution < 1.29 is 9.53 Å². The lowest BCUT2D eigenvalue weighted by atomic mass is 10.1. The van der Waals surface area contributed by atoms with Gasteiger partial charge in [-0.15, -0.1) is 11.3 Å². The number of nitrogens with one attached hydrogen (secondary N) is 2. The van der Waals surface area contributed by atoms with Gasteiger partial charge in [0, 0.05) is 36.1 Å². The number of nitrogens with zero attached hydrogens (tertiary/aromatic N) is 1. The second-order valence-electron chi connectivity index (χ2n) is 7.03. The normalized spacial score (nSPS) is 23.3. The van der Waals surface area contributed by atoms with Gasteiger partial charge >= 0.3 is 6.09 Å². The van der Waals surface area contributed by atoms with Crippen LogP contribution in [0.2, 0.25) is 0 Å². The van der Waals surface area contributed by atoms with Gasteiger partial charge in [0.15, 0.2) is 0 Å². The Kier molecular flexibility index (Phi) is 5.81. The highest BCUT2D eigenvalue weighted by molar-refractivity contribution is 7.09. The van der Waals surface area contributed by atoms with Gasteiger partial charge in [-0.3, -0.25) is 0 Å². The van der Waals surface area contributed by atoms with E-state index in [9.17, 15) is 4.79 Å². The van der Waals surface area contributed by atoms with Crippen LogP contribution >= 0.6 is 11.3 Å². The summed E-state index contributed by atoms with van der Waals surface area (Å²) in [4.78, 5) is 16.1. The van der Waals surface area contributed by atoms with Crippen molar-refractivity contribution in [1.82, 2.24) is 15.6 Å². The number of carbonyl (C=O) groups excluding carboxylic acids is 1. The van der Waals surface area contributed by atoms with E-state index in [4.69, 9.17) is 4.74 Å². The molecule has 3 atom stereocenters. The van der Waals surface area contributed by atoms with Crippen LogP contribution in [0, 0.1) is 0 Å². The molecular weight excluding hydrogens is 298 g/mol. The highest BCUT2D eigenvalue weighted by Crippen LogP contribution is 2.22. The Morgan fingerprint density at radius 3 is 2.82 bits per heavy atom. The predicted molar refractivity (Wildman–Crippen MR) is 89.3 cm³/mol. The van der Waals surface area contributed by atoms with Gasteiger partial charge in [0.2, 0.25) is 0 Å². The molecule has 3 unspecified atom stereocenters. The fraction of sp³-hybridized carbons (Fsp3) is 0.750. The lowest BCUT2D eigenvalue weighted by Gasteiger charge is -2.22. The van der Waals surface area contributed by atoms with Crippen molar-refractivity contribution in [2.45, 2.75) is 70.6 Å². The first-order valence-electron chi connectivity index (χ1n) is 7.96. The number of thiazole rings is 1. The molecule has 0 saturated heterocycles. The molecule has 0 radical (unpaired) electrons. The van der Waals surface area contributed by atoms with Gasteiger partial charge < -0.3 is 15.4 Å². The largest absolute Gasteiger partial charge is 0.444 e. The first-order chi connectivity index (χ1) is 10.3. The third-order valence-corrected chi connectivity index (χ3v) is 4.75. The number of amides is 1. The molecule has 0 aliphatic heterocycles. The van der Waals surface area contributed by atoms with E-state index in [0.717, 1.165) is 25.8 Å². The first-order valence-corrected chi connectivity index (χ1v) is 8.84. The molecule has 1 saturated carbocycles. The first kappa shape index (κ1) is 17.2. The van der Waals surface area contributed by atoms with Crippen LogP contribution in [0.5, 0.6) is 0 Å². The monoisotopic (exact) mass is 325 g/mol. The van der Waals surface area contributed by atoms with E-state index >= 15 is 0 Å². The summed E-state index contributed by atoms with van der Waals surface area (Å²) in [6.07, 6.45) is 4.60. The van der Waals surface area contributed by atoms with E-state index in [1.54, 1.807) is 11.3 Å². The molecule has 22 heavy (non-hydrogen) atoms. The van der Waals surface area contributed by atoms with Crippen molar-refractivity contribution in [3.05, 3.63) is 16.6 Å². The van der Waals surface area contributed by atoms with Gasteiger partial charge in [-0.1, -0.05) is 6.92 Å². The third kappa shape index (κ3) is 5.57. The molecule has 0 spiro atoms. The minimum Gasteiger partial charge on any atom is -0.444 e. The van der Waals surface area contributed by atoms with E-state index in [1.165, 1.54) is 5.01 Å². The molecule has 1 aromatic rings. The van der Waals surface area contributed by atoms with Crippen molar-refractivity contribution >= 4 is 17.4 Å². The SMILES string of the molecule is CC(CNC1CCC(NC(=O)OC(C)(C)C)C1)c1nccs1. The predicted octanol–water partition coefficient (Wildman–Crippen LogP) is 3.28. The molecule has 1 aliphatic carbocycles. The molecule has 1 heterocycles. The van der Waals surface area contributed by atoms with Crippen LogP contribution in [-0.4, -0.2) is 35.3 Å². The quantitative estimate of drug-likeness (QED) is 0.872. The number of carbonyl (C=O) groups is 1. The van der Waals surface area contributed by atoms with Crippen LogP contribution in [0.4, 0.5) is 4.79 Å². The molecule has 124 valence electrons. The van der Waals surface area contributed by atoms with Gasteiger partial charge in [-0.25, -0.2) is 9.78 Å². The zero-order valence-corrected chi connectivity index (χ0v) is 14.7. The summed E-state index contributed by atoms with van der Waals surface area (Å²) >= 11 is 1.70. The number of ether oxygens (including phenoxy) is 1. The Morgan fingerprint density at radius 1 is 1.45 bits per heavy atom. The van der Waals surface area contributed by atoms with Crippen molar-refractivity contribution in [1.29, 1.82) is 0 Å². The zero-order chi connectivity index (χ0) is 16.2. The third-order valence-electron chi connectivity index (χ3n) is 3.74. The smallest absolute Gasteiger partial charge is 0.407 e. The molecule has 1 amide bonds. The molecule has 2 N–H and O–H groups in total. The Hall–Kier alpha value is -1.14. The van der Waals surface area contributed by atoms with Crippen molar-refractivity contribution in [3.63, 3.8) is 0 Å². The van der Waals surface area contributed by atoms with Crippen LogP contribution in [0.25, 0.3) is 0 Å². The minimum absolute atomic E-state index is 0.211. The summed E-state index contributed by atoms with van der Waals surface area (Å²) in [5.74, 6) is 0.429. The fourth-order valence-corrected chi connectivity index (χ4v) is 3.38. The van der Waals surface area contributed by atoms with Gasteiger partial charge in [0.1, 0.15) is 5.60 Å². The van der Waals surface area contributed by atoms with E-state index in [0.29, 0.717) is 12.0 Å². The van der Waals surface area contributed by atoms with E-state index < -0.39 is 5.60 Å². The molecule has 0 bridgehead atoms. The fourth-order valence-electron chi connectivity index (χ4n) is 2.68. The van der Waals surface area contributed by atoms with Crippen molar-refractivity contribution in [2.75, 3.05) is 6.54 Å². The summed E-state index contributed by atoms with van der Waals surface area (Å²) in [6.45, 7) is 8.76. The molecule has 0 aromatic carbocycles. The van der Waals surface area contributed by atoms with Gasteiger partial charge in [0.25, 0.3) is 0 Å². The molecule has 6 heteroatoms. The number of rotatable bonds is 5. The van der Waals surface area contributed by atoms with E-state index in [1.807, 2.05) is 32.3 Å². The Labute approximate surface area is 136 Å². The number of hydrogen-bond acceptors (Lipinski definition) is 5. The van der Waals surface area contributed by atoms with Crippen LogP contribution in [0.15, 0.2) is 11.6 Å². The molecule has 5 nitrogen and oxygen atoms in total. The highest BCUT2D eigenvalue weighted by Gasteiger charge is 2.27. The average molecular weight is 325 g/mol. The lowest BCUT2D eigenvalue weighted by Crippen LogP contribution is -2.39. The summed E-state index contributed by atoms with van der Waals surface area (Å²) in [7, 11) is 0. The maximum Gasteiger partial charge on any atom is 0.407 e. The van der Waals surface area contributed by atoms with Crippen molar-refractivity contribution in [3.8, 4) is 0 Å². The average Bonchev–Trinajstić information content (AvgIpc) is 3.04. The van der Waals surface area contributed by atoms with Gasteiger partial charge in [-0.2, -0.15) is 0 Å². The Bertz CT molecular complexity index is 470. The summed E-state index contributed by atoms with van der Waals surface area (Å²) in [5.41, 5.74) is -0.441. The van der Waals surface area contributed by atoms with Gasteiger partial charge in [0.05, 0.1) is 5.01 Å². The lowest BCUT2D eigenvalue weighted by molar-refractivity contribution is 0.0505. The van der Waals surface area contributed by atoms with E-state index in [-0.39, 0.29) is 12.1 Å². The molecule has 1 aromatic heterocycles. The second-order valence-corrected chi connectivity index (χ2v) is 7.96. The molecular formula is C16H27N3O2S. The van der Waals surface area contributed by atoms with Crippen LogP contribution in [-0.2, 0) is 4.74 Å². The topological polar surface area (TPSA) is 63.2 Å². The van der Waals surface area contributed by atoms with Crippen molar-refractivity contribution in [2.24, 2.45) is 0 Å². The number of hydrogen-bond donors (Lipinski definition) is 2. The van der Waals surface area contributed by atoms with Crippen LogP contribution < -0.4 is 10.6 Å². The minimum atomic E-state index is -0.441.